The molecule has 118 valence electrons. The minimum atomic E-state index is -0.529. The molecule has 3 N–H and O–H groups in total. The van der Waals surface area contributed by atoms with Crippen molar-refractivity contribution in [2.75, 3.05) is 18.4 Å². The topological polar surface area (TPSA) is 58.4 Å². The second-order valence-corrected chi connectivity index (χ2v) is 6.45. The number of benzene rings is 1. The minimum absolute atomic E-state index is 0.130. The summed E-state index contributed by atoms with van der Waals surface area (Å²) in [6, 6.07) is 7.39. The molecule has 0 aliphatic heterocycles. The second-order valence-electron chi connectivity index (χ2n) is 6.45. The second kappa shape index (κ2) is 7.57. The van der Waals surface area contributed by atoms with Crippen LogP contribution >= 0.6 is 0 Å². The third kappa shape index (κ3) is 5.14. The summed E-state index contributed by atoms with van der Waals surface area (Å²) in [6.45, 7) is 13.0. The molecule has 4 heteroatoms. The molecule has 0 bridgehead atoms. The smallest absolute Gasteiger partial charge is 0.241 e. The maximum absolute atomic E-state index is 12.3. The average molecular weight is 291 g/mol. The first-order chi connectivity index (χ1) is 9.79. The molecule has 0 aliphatic carbocycles. The molecule has 1 aromatic carbocycles. The number of nitrogens with two attached hydrogens (primary N) is 1. The van der Waals surface area contributed by atoms with Gasteiger partial charge in [0, 0.05) is 12.2 Å². The van der Waals surface area contributed by atoms with Gasteiger partial charge in [0.2, 0.25) is 5.91 Å². The van der Waals surface area contributed by atoms with E-state index in [1.165, 1.54) is 0 Å². The van der Waals surface area contributed by atoms with Crippen LogP contribution in [0.4, 0.5) is 5.69 Å². The zero-order valence-electron chi connectivity index (χ0n) is 13.9. The lowest BCUT2D eigenvalue weighted by molar-refractivity contribution is -0.119. The average Bonchev–Trinajstić information content (AvgIpc) is 2.44. The number of hydrogen-bond donors (Lipinski definition) is 2. The van der Waals surface area contributed by atoms with E-state index in [4.69, 9.17) is 5.73 Å². The summed E-state index contributed by atoms with van der Waals surface area (Å²) in [5.41, 5.74) is 7.75. The molecule has 1 atom stereocenters. The number of amides is 1. The molecule has 4 nitrogen and oxygen atoms in total. The largest absolute Gasteiger partial charge is 0.324 e. The maximum Gasteiger partial charge on any atom is 0.241 e. The normalized spacial score (nSPS) is 13.3. The fraction of sp³-hybridized carbons (Fsp3) is 0.588. The molecule has 1 rings (SSSR count). The molecule has 0 saturated carbocycles. The highest BCUT2D eigenvalue weighted by Crippen LogP contribution is 2.21. The molecule has 1 amide bonds. The molecular weight excluding hydrogens is 262 g/mol. The molecule has 21 heavy (non-hydrogen) atoms. The zero-order chi connectivity index (χ0) is 16.0. The summed E-state index contributed by atoms with van der Waals surface area (Å²) in [6.07, 6.45) is 0. The first-order valence-electron chi connectivity index (χ1n) is 7.66. The standard InChI is InChI=1S/C17H29N3O/c1-6-20(7-2)12-13-10-8-9-11-14(13)19-16(21)15(18)17(3,4)5/h8-11,15H,6-7,12,18H2,1-5H3,(H,19,21)/t15-/m1/s1. The van der Waals surface area contributed by atoms with Crippen LogP contribution in [-0.2, 0) is 11.3 Å². The molecule has 0 spiro atoms. The van der Waals surface area contributed by atoms with E-state index in [-0.39, 0.29) is 11.3 Å². The number of carbonyl (C=O) groups is 1. The van der Waals surface area contributed by atoms with Crippen molar-refractivity contribution in [1.82, 2.24) is 4.90 Å². The van der Waals surface area contributed by atoms with E-state index in [0.717, 1.165) is 30.9 Å². The Balaban J connectivity index is 2.87. The van der Waals surface area contributed by atoms with Gasteiger partial charge in [-0.3, -0.25) is 9.69 Å². The molecule has 0 heterocycles. The SMILES string of the molecule is CCN(CC)Cc1ccccc1NC(=O)[C@@H](N)C(C)(C)C. The molecule has 0 fully saturated rings. The van der Waals surface area contributed by atoms with Gasteiger partial charge in [0.05, 0.1) is 6.04 Å². The Morgan fingerprint density at radius 2 is 1.81 bits per heavy atom. The molecule has 0 saturated heterocycles. The first kappa shape index (κ1) is 17.7. The first-order valence-corrected chi connectivity index (χ1v) is 7.66. The van der Waals surface area contributed by atoms with Crippen molar-refractivity contribution >= 4 is 11.6 Å². The predicted molar refractivity (Wildman–Crippen MR) is 89.1 cm³/mol. The van der Waals surface area contributed by atoms with Gasteiger partial charge in [-0.2, -0.15) is 0 Å². The number of rotatable bonds is 6. The Hall–Kier alpha value is -1.39. The summed E-state index contributed by atoms with van der Waals surface area (Å²) in [4.78, 5) is 14.6. The molecule has 1 aromatic rings. The van der Waals surface area contributed by atoms with Gasteiger partial charge in [0.15, 0.2) is 0 Å². The van der Waals surface area contributed by atoms with E-state index >= 15 is 0 Å². The highest BCUT2D eigenvalue weighted by molar-refractivity contribution is 5.95. The van der Waals surface area contributed by atoms with E-state index < -0.39 is 6.04 Å². The van der Waals surface area contributed by atoms with Gasteiger partial charge < -0.3 is 11.1 Å². The van der Waals surface area contributed by atoms with Crippen LogP contribution in [0.25, 0.3) is 0 Å². The van der Waals surface area contributed by atoms with Gasteiger partial charge >= 0.3 is 0 Å². The van der Waals surface area contributed by atoms with Crippen LogP contribution in [0, 0.1) is 5.41 Å². The molecular formula is C17H29N3O. The van der Waals surface area contributed by atoms with Crippen molar-refractivity contribution in [3.63, 3.8) is 0 Å². The summed E-state index contributed by atoms with van der Waals surface area (Å²) in [5.74, 6) is -0.130. The zero-order valence-corrected chi connectivity index (χ0v) is 13.9. The highest BCUT2D eigenvalue weighted by Gasteiger charge is 2.27. The lowest BCUT2D eigenvalue weighted by atomic mass is 9.87. The molecule has 0 aromatic heterocycles. The number of para-hydroxylation sites is 1. The van der Waals surface area contributed by atoms with Crippen LogP contribution in [0.5, 0.6) is 0 Å². The Bertz CT molecular complexity index is 461. The fourth-order valence-electron chi connectivity index (χ4n) is 2.07. The number of carbonyl (C=O) groups excluding carboxylic acids is 1. The van der Waals surface area contributed by atoms with Crippen molar-refractivity contribution in [2.45, 2.75) is 47.2 Å². The number of hydrogen-bond acceptors (Lipinski definition) is 3. The van der Waals surface area contributed by atoms with Gasteiger partial charge in [0.25, 0.3) is 0 Å². The van der Waals surface area contributed by atoms with Gasteiger partial charge in [-0.1, -0.05) is 52.8 Å². The predicted octanol–water partition coefficient (Wildman–Crippen LogP) is 2.84. The lowest BCUT2D eigenvalue weighted by Gasteiger charge is -2.26. The Morgan fingerprint density at radius 1 is 1.24 bits per heavy atom. The van der Waals surface area contributed by atoms with Crippen LogP contribution in [-0.4, -0.2) is 29.9 Å². The van der Waals surface area contributed by atoms with Crippen molar-refractivity contribution in [3.8, 4) is 0 Å². The van der Waals surface area contributed by atoms with Crippen molar-refractivity contribution in [3.05, 3.63) is 29.8 Å². The monoisotopic (exact) mass is 291 g/mol. The number of anilines is 1. The van der Waals surface area contributed by atoms with Gasteiger partial charge in [-0.05, 0) is 30.1 Å². The van der Waals surface area contributed by atoms with Gasteiger partial charge in [-0.25, -0.2) is 0 Å². The van der Waals surface area contributed by atoms with E-state index in [0.29, 0.717) is 0 Å². The fourth-order valence-corrected chi connectivity index (χ4v) is 2.07. The summed E-state index contributed by atoms with van der Waals surface area (Å²) >= 11 is 0. The van der Waals surface area contributed by atoms with Crippen LogP contribution in [0.2, 0.25) is 0 Å². The molecule has 0 aliphatic rings. The van der Waals surface area contributed by atoms with E-state index in [2.05, 4.69) is 30.1 Å². The van der Waals surface area contributed by atoms with E-state index in [9.17, 15) is 4.79 Å². The van der Waals surface area contributed by atoms with Crippen LogP contribution in [0.1, 0.15) is 40.2 Å². The third-order valence-corrected chi connectivity index (χ3v) is 3.78. The molecule has 0 unspecified atom stereocenters. The minimum Gasteiger partial charge on any atom is -0.324 e. The van der Waals surface area contributed by atoms with Crippen LogP contribution < -0.4 is 11.1 Å². The van der Waals surface area contributed by atoms with Crippen molar-refractivity contribution < 1.29 is 4.79 Å². The highest BCUT2D eigenvalue weighted by atomic mass is 16.2. The third-order valence-electron chi connectivity index (χ3n) is 3.78. The Kier molecular flexibility index (Phi) is 6.37. The summed E-state index contributed by atoms with van der Waals surface area (Å²) in [5, 5.41) is 2.98. The van der Waals surface area contributed by atoms with Crippen molar-refractivity contribution in [1.29, 1.82) is 0 Å². The Labute approximate surface area is 128 Å². The van der Waals surface area contributed by atoms with Crippen LogP contribution in [0.3, 0.4) is 0 Å². The Morgan fingerprint density at radius 3 is 2.33 bits per heavy atom. The van der Waals surface area contributed by atoms with Gasteiger partial charge in [-0.15, -0.1) is 0 Å². The van der Waals surface area contributed by atoms with Gasteiger partial charge in [0.1, 0.15) is 0 Å². The number of nitrogens with one attached hydrogen (secondary N) is 1. The van der Waals surface area contributed by atoms with Crippen molar-refractivity contribution in [2.24, 2.45) is 11.1 Å². The van der Waals surface area contributed by atoms with Crippen LogP contribution in [0.15, 0.2) is 24.3 Å². The summed E-state index contributed by atoms with van der Waals surface area (Å²) < 4.78 is 0. The van der Waals surface area contributed by atoms with E-state index in [1.54, 1.807) is 0 Å². The quantitative estimate of drug-likeness (QED) is 0.847. The lowest BCUT2D eigenvalue weighted by Crippen LogP contribution is -2.45. The molecule has 0 radical (unpaired) electrons. The van der Waals surface area contributed by atoms with E-state index in [1.807, 2.05) is 39.0 Å². The number of nitrogens with zero attached hydrogens (tertiary/aromatic N) is 1. The maximum atomic E-state index is 12.3. The summed E-state index contributed by atoms with van der Waals surface area (Å²) in [7, 11) is 0.